The lowest BCUT2D eigenvalue weighted by molar-refractivity contribution is -0.271. The first-order chi connectivity index (χ1) is 50.5. The number of unbranched alkanes of at least 4 members (excludes halogenated alkanes) is 2. The molecule has 6 aromatic rings. The smallest absolute Gasteiger partial charge is 0.410 e. The van der Waals surface area contributed by atoms with Crippen LogP contribution in [0.5, 0.6) is 5.75 Å². The number of thiazole rings is 1. The summed E-state index contributed by atoms with van der Waals surface area (Å²) in [5, 5.41) is 75.6. The summed E-state index contributed by atoms with van der Waals surface area (Å²) < 4.78 is 38.8. The third-order valence-corrected chi connectivity index (χ3v) is 22.5. The maximum atomic E-state index is 14.0. The van der Waals surface area contributed by atoms with Gasteiger partial charge in [-0.2, -0.15) is 10.1 Å². The van der Waals surface area contributed by atoms with Gasteiger partial charge in [-0.3, -0.25) is 33.7 Å². The fourth-order valence-corrected chi connectivity index (χ4v) is 18.5. The van der Waals surface area contributed by atoms with Gasteiger partial charge in [0.25, 0.3) is 5.91 Å². The quantitative estimate of drug-likeness (QED) is 0.0161. The maximum Gasteiger partial charge on any atom is 0.410 e. The van der Waals surface area contributed by atoms with Gasteiger partial charge in [-0.1, -0.05) is 55.9 Å². The molecule has 7 aliphatic rings. The third-order valence-electron chi connectivity index (χ3n) is 20.7. The van der Waals surface area contributed by atoms with Crippen LogP contribution < -0.4 is 25.6 Å². The predicted molar refractivity (Wildman–Crippen MR) is 385 cm³/mol. The van der Waals surface area contributed by atoms with E-state index in [9.17, 15) is 78.6 Å². The number of rotatable bonds is 31. The Hall–Kier alpha value is -9.08. The Bertz CT molecular complexity index is 4400. The highest BCUT2D eigenvalue weighted by Crippen LogP contribution is 2.72. The molecule has 106 heavy (non-hydrogen) atoms. The average Bonchev–Trinajstić information content (AvgIpc) is 0.755. The van der Waals surface area contributed by atoms with Gasteiger partial charge in [0, 0.05) is 93.3 Å². The number of nitrogens with zero attached hydrogens (tertiary/aromatic N) is 8. The van der Waals surface area contributed by atoms with Gasteiger partial charge in [0.05, 0.1) is 35.0 Å². The normalized spacial score (nSPS) is 25.2. The van der Waals surface area contributed by atoms with Crippen LogP contribution in [0.25, 0.3) is 27.6 Å². The number of carboxylic acid groups (broad SMARTS) is 2. The second-order valence-electron chi connectivity index (χ2n) is 29.4. The molecule has 3 unspecified atom stereocenters. The van der Waals surface area contributed by atoms with Crippen molar-refractivity contribution in [2.24, 2.45) is 16.2 Å². The standard InChI is InChI=1S/C73H88N11O20PS/c1-43-48(46-17-19-53(78-58(46)65(93)94)82-28-23-45-12-7-13-47(49(45)35-82)64(92)80-68-79-63-52(106-68)14-8-24-75-63)34-76-84(43)42-72-37-70(2)36-71(3,38-72)40-73(39-70,41-72)102-31-29-81(26-10-32-105(98,99)100)69(97)101-30-9-11-44-16-18-51(103-67-61(91)59(89)60(90)62(104-67)66(95)96)50(33-44)77-55(86)22-25-74-54(85)15-5-4-6-27-83-56(87)20-21-57(83)88/h7-9,11-14,16-21,24,33-34,56,59-62,67,87,89-91H,4-6,10,15,22-23,25-32,35-42H2,1-3H3,(H,74,85)(H,77,86)(H,93,94)(H,95,96)(H2,98,99,100)(H,75,79,80,92)/b11-9+/t56?,59-,60-,61+,62-,67+,70?,71?,72?,73?/m0/s1. The Labute approximate surface area is 613 Å². The number of aliphatic hydroxyl groups is 4. The molecule has 4 aliphatic carbocycles. The fourth-order valence-electron chi connectivity index (χ4n) is 17.1. The molecule has 4 aromatic heterocycles. The van der Waals surface area contributed by atoms with Crippen LogP contribution >= 0.6 is 18.9 Å². The van der Waals surface area contributed by atoms with Crippen molar-refractivity contribution in [2.45, 2.75) is 160 Å². The molecular weight excluding hydrogens is 1410 g/mol. The number of hydrogen-bond donors (Lipinski definition) is 11. The maximum absolute atomic E-state index is 14.0. The minimum Gasteiger partial charge on any atom is -0.479 e. The van der Waals surface area contributed by atoms with Crippen LogP contribution in [-0.2, 0) is 57.5 Å². The lowest BCUT2D eigenvalue weighted by atomic mass is 9.39. The van der Waals surface area contributed by atoms with Gasteiger partial charge < -0.3 is 84.7 Å². The summed E-state index contributed by atoms with van der Waals surface area (Å²) in [7, 11) is -4.46. The topological polar surface area (TPSA) is 438 Å². The van der Waals surface area contributed by atoms with Crippen molar-refractivity contribution < 1.29 is 97.5 Å². The van der Waals surface area contributed by atoms with Gasteiger partial charge in [-0.25, -0.2) is 24.4 Å². The van der Waals surface area contributed by atoms with E-state index < -0.39 is 80.2 Å². The molecule has 4 bridgehead atoms. The number of aromatic nitrogens is 5. The summed E-state index contributed by atoms with van der Waals surface area (Å²) in [6.07, 6.45) is 4.10. The van der Waals surface area contributed by atoms with Gasteiger partial charge in [-0.15, -0.1) is 0 Å². The number of aromatic carboxylic acids is 1. The molecule has 0 spiro atoms. The summed E-state index contributed by atoms with van der Waals surface area (Å²) >= 11 is 1.33. The molecule has 11 N–H and O–H groups in total. The Balaban J connectivity index is 0.680. The molecule has 5 fully saturated rings. The van der Waals surface area contributed by atoms with E-state index in [2.05, 4.69) is 39.8 Å². The molecule has 5 amide bonds. The van der Waals surface area contributed by atoms with E-state index in [1.165, 1.54) is 57.6 Å². The number of hydrogen-bond acceptors (Lipinski definition) is 22. The first kappa shape index (κ1) is 76.6. The van der Waals surface area contributed by atoms with E-state index in [4.69, 9.17) is 29.0 Å². The largest absolute Gasteiger partial charge is 0.479 e. The summed E-state index contributed by atoms with van der Waals surface area (Å²) in [6.45, 7) is 7.86. The number of anilines is 3. The fraction of sp³-hybridized carbons (Fsp3) is 0.493. The lowest BCUT2D eigenvalue weighted by Gasteiger charge is -2.69. The summed E-state index contributed by atoms with van der Waals surface area (Å²) in [5.41, 5.74) is 3.74. The van der Waals surface area contributed by atoms with Gasteiger partial charge in [0.15, 0.2) is 22.6 Å². The Morgan fingerprint density at radius 2 is 1.64 bits per heavy atom. The van der Waals surface area contributed by atoms with Gasteiger partial charge in [-0.05, 0) is 159 Å². The second kappa shape index (κ2) is 31.8. The number of nitrogens with one attached hydrogen (secondary N) is 3. The molecule has 4 saturated carbocycles. The molecule has 0 radical (unpaired) electrons. The van der Waals surface area contributed by atoms with E-state index >= 15 is 0 Å². The molecule has 7 heterocycles. The monoisotopic (exact) mass is 1500 g/mol. The highest BCUT2D eigenvalue weighted by molar-refractivity contribution is 7.51. The summed E-state index contributed by atoms with van der Waals surface area (Å²) in [6, 6.07) is 17.2. The summed E-state index contributed by atoms with van der Waals surface area (Å²) in [5.74, 6) is -4.10. The van der Waals surface area contributed by atoms with E-state index in [0.29, 0.717) is 97.1 Å². The minimum absolute atomic E-state index is 0.0179. The van der Waals surface area contributed by atoms with Crippen molar-refractivity contribution in [1.29, 1.82) is 0 Å². The number of amides is 5. The third kappa shape index (κ3) is 17.8. The van der Waals surface area contributed by atoms with Crippen molar-refractivity contribution in [3.63, 3.8) is 0 Å². The van der Waals surface area contributed by atoms with Crippen molar-refractivity contribution in [2.75, 3.05) is 67.6 Å². The second-order valence-corrected chi connectivity index (χ2v) is 32.2. The molecular formula is C73H88N11O20PS. The van der Waals surface area contributed by atoms with E-state index in [1.54, 1.807) is 30.6 Å². The van der Waals surface area contributed by atoms with E-state index in [-0.39, 0.29) is 103 Å². The van der Waals surface area contributed by atoms with Gasteiger partial charge in [0.2, 0.25) is 24.0 Å². The average molecular weight is 1500 g/mol. The Morgan fingerprint density at radius 3 is 2.38 bits per heavy atom. The van der Waals surface area contributed by atoms with Crippen molar-refractivity contribution >= 4 is 93.7 Å². The number of fused-ring (bicyclic) bond motifs is 2. The number of aliphatic hydroxyl groups excluding tert-OH is 4. The van der Waals surface area contributed by atoms with Gasteiger partial charge >= 0.3 is 25.6 Å². The molecule has 1 saturated heterocycles. The number of benzene rings is 2. The van der Waals surface area contributed by atoms with E-state index in [0.717, 1.165) is 53.6 Å². The number of ether oxygens (including phenoxy) is 4. The van der Waals surface area contributed by atoms with Crippen molar-refractivity contribution in [1.82, 2.24) is 39.8 Å². The van der Waals surface area contributed by atoms with Crippen molar-refractivity contribution in [3.05, 3.63) is 125 Å². The van der Waals surface area contributed by atoms with Crippen LogP contribution in [0.1, 0.15) is 134 Å². The van der Waals surface area contributed by atoms with Crippen molar-refractivity contribution in [3.8, 4) is 16.9 Å². The van der Waals surface area contributed by atoms with Crippen LogP contribution in [0.2, 0.25) is 0 Å². The number of carbonyl (C=O) groups is 7. The predicted octanol–water partition coefficient (Wildman–Crippen LogP) is 6.62. The Morgan fingerprint density at radius 1 is 0.849 bits per heavy atom. The number of pyridine rings is 2. The zero-order valence-corrected chi connectivity index (χ0v) is 60.6. The lowest BCUT2D eigenvalue weighted by Crippen LogP contribution is -2.64. The molecule has 13 rings (SSSR count). The van der Waals surface area contributed by atoms with Crippen LogP contribution in [0.15, 0.2) is 91.3 Å². The SMILES string of the molecule is Cc1c(-c2ccc(N3CCc4cccc(C(=O)Nc5nc6ncccc6s5)c4C3)nc2C(=O)O)cnn1CC12CC3(C)CC(C)(C1)CC(OCCN(CCCP(=O)(O)O)C(=O)OC/C=C/c1ccc(O[C@@H]4O[C@H](C(=O)O)[C@@H](O)[C@H](O)[C@H]4O)c(NC(=O)CCNC(=O)CCCCCN4C(=O)C=CC4O)c1)(C3)C2. The van der Waals surface area contributed by atoms with Crippen LogP contribution in [0.4, 0.5) is 21.4 Å². The van der Waals surface area contributed by atoms with Crippen LogP contribution in [0, 0.1) is 23.2 Å². The number of aliphatic carboxylic acids is 1. The molecule has 31 nitrogen and oxygen atoms in total. The number of carboxylic acids is 2. The van der Waals surface area contributed by atoms with E-state index in [1.807, 2.05) is 46.8 Å². The van der Waals surface area contributed by atoms with Crippen LogP contribution in [0.3, 0.4) is 0 Å². The summed E-state index contributed by atoms with van der Waals surface area (Å²) in [4.78, 5) is 129. The first-order valence-corrected chi connectivity index (χ1v) is 38.0. The first-order valence-electron chi connectivity index (χ1n) is 35.4. The van der Waals surface area contributed by atoms with Gasteiger partial charge in [0.1, 0.15) is 42.7 Å². The minimum atomic E-state index is -4.46. The molecule has 566 valence electrons. The van der Waals surface area contributed by atoms with Crippen LogP contribution in [-0.4, -0.2) is 211 Å². The highest BCUT2D eigenvalue weighted by atomic mass is 32.1. The molecule has 8 atom stereocenters. The molecule has 3 aliphatic heterocycles. The number of carbonyl (C=O) groups excluding carboxylic acids is 5. The zero-order valence-electron chi connectivity index (χ0n) is 58.9. The zero-order chi connectivity index (χ0) is 75.5. The highest BCUT2D eigenvalue weighted by Gasteiger charge is 2.66. The Kier molecular flexibility index (Phi) is 23.0. The molecule has 2 aromatic carbocycles. The molecule has 33 heteroatoms.